The standard InChI is InChI=1S/C6H3N3O4S/c10-5-4-3(7-6(11)8-5)2(1-14-4)9(12)13/h1H,(H2,7,8,10,11). The van der Waals surface area contributed by atoms with E-state index in [4.69, 9.17) is 5.11 Å². The molecule has 0 bridgehead atoms. The molecule has 0 aliphatic heterocycles. The molecule has 2 N–H and O–H groups in total. The first-order chi connectivity index (χ1) is 6.59. The second kappa shape index (κ2) is 2.77. The van der Waals surface area contributed by atoms with E-state index in [1.54, 1.807) is 0 Å². The number of aromatic nitrogens is 2. The Labute approximate surface area is 80.4 Å². The van der Waals surface area contributed by atoms with Gasteiger partial charge in [-0.05, 0) is 0 Å². The molecular formula is C6H3N3O4S. The Bertz CT molecular complexity index is 523. The second-order valence-electron chi connectivity index (χ2n) is 2.40. The predicted octanol–water partition coefficient (Wildman–Crippen LogP) is 1.01. The number of fused-ring (bicyclic) bond motifs is 1. The molecule has 0 aliphatic carbocycles. The van der Waals surface area contributed by atoms with Gasteiger partial charge in [-0.15, -0.1) is 11.3 Å². The number of thiophene rings is 1. The molecule has 0 amide bonds. The van der Waals surface area contributed by atoms with Crippen LogP contribution >= 0.6 is 11.3 Å². The van der Waals surface area contributed by atoms with Crippen LogP contribution in [0.5, 0.6) is 11.9 Å². The van der Waals surface area contributed by atoms with Gasteiger partial charge < -0.3 is 10.2 Å². The van der Waals surface area contributed by atoms with Crippen molar-refractivity contribution in [2.75, 3.05) is 0 Å². The predicted molar refractivity (Wildman–Crippen MR) is 47.4 cm³/mol. The minimum atomic E-state index is -0.684. The molecule has 2 aromatic heterocycles. The minimum absolute atomic E-state index is 0.0509. The Morgan fingerprint density at radius 2 is 2.14 bits per heavy atom. The first kappa shape index (κ1) is 8.63. The number of nitrogens with zero attached hydrogens (tertiary/aromatic N) is 3. The fourth-order valence-electron chi connectivity index (χ4n) is 1.01. The van der Waals surface area contributed by atoms with Crippen molar-refractivity contribution in [1.82, 2.24) is 9.97 Å². The Balaban J connectivity index is 2.85. The molecule has 0 fully saturated rings. The summed E-state index contributed by atoms with van der Waals surface area (Å²) in [7, 11) is 0. The number of rotatable bonds is 1. The number of hydrogen-bond donors (Lipinski definition) is 2. The van der Waals surface area contributed by atoms with Crippen molar-refractivity contribution in [2.45, 2.75) is 0 Å². The van der Waals surface area contributed by atoms with Crippen LogP contribution < -0.4 is 0 Å². The van der Waals surface area contributed by atoms with Crippen molar-refractivity contribution < 1.29 is 15.1 Å². The molecule has 2 heterocycles. The quantitative estimate of drug-likeness (QED) is 0.540. The van der Waals surface area contributed by atoms with E-state index in [9.17, 15) is 15.2 Å². The van der Waals surface area contributed by atoms with Gasteiger partial charge in [0.15, 0.2) is 5.52 Å². The van der Waals surface area contributed by atoms with E-state index in [2.05, 4.69) is 9.97 Å². The molecule has 0 radical (unpaired) electrons. The highest BCUT2D eigenvalue weighted by atomic mass is 32.1. The van der Waals surface area contributed by atoms with Gasteiger partial charge in [0.05, 0.1) is 10.3 Å². The lowest BCUT2D eigenvalue weighted by molar-refractivity contribution is -0.382. The summed E-state index contributed by atoms with van der Waals surface area (Å²) in [5.41, 5.74) is -0.303. The van der Waals surface area contributed by atoms with Gasteiger partial charge in [-0.2, -0.15) is 9.97 Å². The van der Waals surface area contributed by atoms with Gasteiger partial charge >= 0.3 is 11.7 Å². The summed E-state index contributed by atoms with van der Waals surface area (Å²) in [6.07, 6.45) is 0. The molecule has 0 unspecified atom stereocenters. The number of nitro groups is 1. The van der Waals surface area contributed by atoms with Crippen LogP contribution in [0.15, 0.2) is 5.38 Å². The third kappa shape index (κ3) is 1.12. The van der Waals surface area contributed by atoms with Crippen molar-refractivity contribution in [3.05, 3.63) is 15.5 Å². The Hall–Kier alpha value is -1.96. The molecule has 14 heavy (non-hydrogen) atoms. The highest BCUT2D eigenvalue weighted by molar-refractivity contribution is 7.18. The summed E-state index contributed by atoms with van der Waals surface area (Å²) in [6, 6.07) is -0.684. The fourth-order valence-corrected chi connectivity index (χ4v) is 1.85. The van der Waals surface area contributed by atoms with Crippen molar-refractivity contribution in [3.8, 4) is 11.9 Å². The Morgan fingerprint density at radius 3 is 2.79 bits per heavy atom. The first-order valence-corrected chi connectivity index (χ1v) is 4.29. The van der Waals surface area contributed by atoms with Crippen LogP contribution in [-0.2, 0) is 0 Å². The largest absolute Gasteiger partial charge is 0.492 e. The summed E-state index contributed by atoms with van der Waals surface area (Å²) < 4.78 is 0.189. The van der Waals surface area contributed by atoms with Crippen molar-refractivity contribution in [1.29, 1.82) is 0 Å². The first-order valence-electron chi connectivity index (χ1n) is 3.41. The number of hydrogen-bond acceptors (Lipinski definition) is 7. The van der Waals surface area contributed by atoms with Gasteiger partial charge in [0, 0.05) is 0 Å². The van der Waals surface area contributed by atoms with Crippen LogP contribution in [0.25, 0.3) is 10.2 Å². The van der Waals surface area contributed by atoms with Gasteiger partial charge in [0.25, 0.3) is 0 Å². The Morgan fingerprint density at radius 1 is 1.43 bits per heavy atom. The maximum atomic E-state index is 10.5. The molecule has 2 rings (SSSR count). The third-order valence-corrected chi connectivity index (χ3v) is 2.52. The molecule has 0 spiro atoms. The highest BCUT2D eigenvalue weighted by Gasteiger charge is 2.19. The lowest BCUT2D eigenvalue weighted by atomic mass is 10.4. The van der Waals surface area contributed by atoms with E-state index >= 15 is 0 Å². The van der Waals surface area contributed by atoms with Crippen LogP contribution in [0.4, 0.5) is 5.69 Å². The van der Waals surface area contributed by atoms with Gasteiger partial charge in [0.2, 0.25) is 5.88 Å². The van der Waals surface area contributed by atoms with Crippen molar-refractivity contribution in [2.24, 2.45) is 0 Å². The van der Waals surface area contributed by atoms with Gasteiger partial charge in [-0.3, -0.25) is 10.1 Å². The summed E-state index contributed by atoms with van der Waals surface area (Å²) >= 11 is 0.950. The molecule has 7 nitrogen and oxygen atoms in total. The molecule has 72 valence electrons. The monoisotopic (exact) mass is 213 g/mol. The van der Waals surface area contributed by atoms with E-state index in [0.29, 0.717) is 0 Å². The van der Waals surface area contributed by atoms with Crippen LogP contribution in [0.1, 0.15) is 0 Å². The summed E-state index contributed by atoms with van der Waals surface area (Å²) in [5.74, 6) is -0.453. The maximum Gasteiger partial charge on any atom is 0.318 e. The zero-order valence-corrected chi connectivity index (χ0v) is 7.35. The summed E-state index contributed by atoms with van der Waals surface area (Å²) in [4.78, 5) is 16.6. The molecule has 0 aromatic carbocycles. The van der Waals surface area contributed by atoms with Gasteiger partial charge in [0.1, 0.15) is 4.70 Å². The zero-order chi connectivity index (χ0) is 10.3. The van der Waals surface area contributed by atoms with Crippen LogP contribution in [0.2, 0.25) is 0 Å². The lowest BCUT2D eigenvalue weighted by Gasteiger charge is -1.93. The fraction of sp³-hybridized carbons (Fsp3) is 0. The second-order valence-corrected chi connectivity index (χ2v) is 3.28. The lowest BCUT2D eigenvalue weighted by Crippen LogP contribution is -1.88. The molecule has 8 heteroatoms. The minimum Gasteiger partial charge on any atom is -0.492 e. The van der Waals surface area contributed by atoms with Crippen LogP contribution in [-0.4, -0.2) is 25.1 Å². The summed E-state index contributed by atoms with van der Waals surface area (Å²) in [5, 5.41) is 29.9. The molecule has 0 aliphatic rings. The zero-order valence-electron chi connectivity index (χ0n) is 6.54. The van der Waals surface area contributed by atoms with E-state index in [1.807, 2.05) is 0 Å². The van der Waals surface area contributed by atoms with Crippen molar-refractivity contribution in [3.63, 3.8) is 0 Å². The smallest absolute Gasteiger partial charge is 0.318 e. The third-order valence-electron chi connectivity index (χ3n) is 1.56. The maximum absolute atomic E-state index is 10.5. The van der Waals surface area contributed by atoms with E-state index in [1.165, 1.54) is 5.38 Å². The summed E-state index contributed by atoms with van der Waals surface area (Å²) in [6.45, 7) is 0. The molecule has 2 aromatic rings. The molecule has 0 atom stereocenters. The van der Waals surface area contributed by atoms with E-state index in [0.717, 1.165) is 11.3 Å². The van der Waals surface area contributed by atoms with Crippen LogP contribution in [0.3, 0.4) is 0 Å². The average Bonchev–Trinajstić information content (AvgIpc) is 2.47. The van der Waals surface area contributed by atoms with Gasteiger partial charge in [-0.1, -0.05) is 0 Å². The molecule has 0 saturated carbocycles. The number of aromatic hydroxyl groups is 2. The SMILES string of the molecule is O=[N+]([O-])c1csc2c(O)nc(O)nc12. The van der Waals surface area contributed by atoms with Crippen molar-refractivity contribution >= 4 is 27.2 Å². The van der Waals surface area contributed by atoms with Gasteiger partial charge in [-0.25, -0.2) is 0 Å². The Kier molecular flexibility index (Phi) is 1.71. The van der Waals surface area contributed by atoms with E-state index < -0.39 is 16.8 Å². The average molecular weight is 213 g/mol. The van der Waals surface area contributed by atoms with E-state index in [-0.39, 0.29) is 15.9 Å². The van der Waals surface area contributed by atoms with Crippen LogP contribution in [0, 0.1) is 10.1 Å². The normalized spacial score (nSPS) is 10.6. The highest BCUT2D eigenvalue weighted by Crippen LogP contribution is 2.35. The molecular weight excluding hydrogens is 210 g/mol. The molecule has 0 saturated heterocycles. The topological polar surface area (TPSA) is 109 Å².